The van der Waals surface area contributed by atoms with Crippen molar-refractivity contribution in [2.45, 2.75) is 37.8 Å². The van der Waals surface area contributed by atoms with E-state index in [1.807, 2.05) is 12.1 Å². The van der Waals surface area contributed by atoms with Crippen LogP contribution in [0, 0.1) is 0 Å². The second kappa shape index (κ2) is 6.82. The fourth-order valence-corrected chi connectivity index (χ4v) is 3.51. The molecule has 0 spiro atoms. The third-order valence-electron chi connectivity index (χ3n) is 3.58. The normalized spacial score (nSPS) is 23.2. The monoisotopic (exact) mass is 347 g/mol. The minimum absolute atomic E-state index is 0.408. The molecule has 1 N–H and O–H groups in total. The van der Waals surface area contributed by atoms with Crippen molar-refractivity contribution in [1.29, 1.82) is 0 Å². The van der Waals surface area contributed by atoms with Gasteiger partial charge in [0.15, 0.2) is 5.75 Å². The smallest absolute Gasteiger partial charge is 0.156 e. The molecule has 0 saturated heterocycles. The summed E-state index contributed by atoms with van der Waals surface area (Å²) in [6.07, 6.45) is 4.81. The highest BCUT2D eigenvalue weighted by Crippen LogP contribution is 2.37. The molecule has 0 aromatic heterocycles. The van der Waals surface area contributed by atoms with E-state index < -0.39 is 0 Å². The van der Waals surface area contributed by atoms with Crippen LogP contribution in [0.4, 0.5) is 5.69 Å². The Labute approximate surface area is 127 Å². The van der Waals surface area contributed by atoms with E-state index in [1.165, 1.54) is 0 Å². The summed E-state index contributed by atoms with van der Waals surface area (Å²) in [5, 5.41) is 4.23. The molecular formula is C14H19BrClNO2. The van der Waals surface area contributed by atoms with E-state index >= 15 is 0 Å². The van der Waals surface area contributed by atoms with Crippen LogP contribution >= 0.6 is 27.5 Å². The Kier molecular flexibility index (Phi) is 5.37. The van der Waals surface area contributed by atoms with E-state index in [9.17, 15) is 0 Å². The zero-order chi connectivity index (χ0) is 13.8. The molecule has 5 heteroatoms. The number of anilines is 1. The van der Waals surface area contributed by atoms with E-state index in [2.05, 4.69) is 21.2 Å². The Morgan fingerprint density at radius 3 is 2.47 bits per heavy atom. The lowest BCUT2D eigenvalue weighted by Gasteiger charge is -2.29. The van der Waals surface area contributed by atoms with Crippen LogP contribution in [0.25, 0.3) is 0 Å². The molecule has 3 nitrogen and oxygen atoms in total. The first-order valence-electron chi connectivity index (χ1n) is 6.46. The first kappa shape index (κ1) is 14.9. The molecule has 0 atom stereocenters. The van der Waals surface area contributed by atoms with Gasteiger partial charge < -0.3 is 14.8 Å². The van der Waals surface area contributed by atoms with Gasteiger partial charge in [0.25, 0.3) is 0 Å². The van der Waals surface area contributed by atoms with Gasteiger partial charge in [-0.05, 0) is 53.7 Å². The molecule has 0 radical (unpaired) electrons. The van der Waals surface area contributed by atoms with Crippen molar-refractivity contribution in [3.8, 4) is 5.75 Å². The minimum Gasteiger partial charge on any atom is -0.493 e. The zero-order valence-electron chi connectivity index (χ0n) is 11.2. The lowest BCUT2D eigenvalue weighted by Crippen LogP contribution is -2.29. The predicted octanol–water partition coefficient (Wildman–Crippen LogP) is 4.48. The Balaban J connectivity index is 2.07. The third kappa shape index (κ3) is 3.77. The van der Waals surface area contributed by atoms with Gasteiger partial charge in [-0.3, -0.25) is 0 Å². The van der Waals surface area contributed by atoms with Gasteiger partial charge >= 0.3 is 0 Å². The summed E-state index contributed by atoms with van der Waals surface area (Å²) in [7, 11) is 3.45. The Bertz CT molecular complexity index is 434. The second-order valence-electron chi connectivity index (χ2n) is 4.82. The number of methoxy groups -OCH3 is 2. The van der Waals surface area contributed by atoms with E-state index in [-0.39, 0.29) is 0 Å². The molecule has 1 aliphatic rings. The van der Waals surface area contributed by atoms with Crippen LogP contribution in [0.1, 0.15) is 25.7 Å². The topological polar surface area (TPSA) is 30.5 Å². The lowest BCUT2D eigenvalue weighted by atomic mass is 9.93. The van der Waals surface area contributed by atoms with Crippen molar-refractivity contribution in [2.75, 3.05) is 19.5 Å². The quantitative estimate of drug-likeness (QED) is 0.870. The molecule has 19 heavy (non-hydrogen) atoms. The molecule has 0 bridgehead atoms. The molecule has 0 heterocycles. The maximum atomic E-state index is 6.10. The largest absolute Gasteiger partial charge is 0.493 e. The number of halogens is 2. The van der Waals surface area contributed by atoms with Gasteiger partial charge in [-0.1, -0.05) is 11.6 Å². The number of nitrogens with one attached hydrogen (secondary N) is 1. The van der Waals surface area contributed by atoms with Crippen molar-refractivity contribution < 1.29 is 9.47 Å². The van der Waals surface area contributed by atoms with Crippen molar-refractivity contribution in [1.82, 2.24) is 0 Å². The summed E-state index contributed by atoms with van der Waals surface area (Å²) < 4.78 is 11.7. The molecule has 1 fully saturated rings. The number of ether oxygens (including phenoxy) is 2. The molecule has 0 aliphatic heterocycles. The number of rotatable bonds is 4. The Morgan fingerprint density at radius 2 is 1.89 bits per heavy atom. The standard InChI is InChI=1S/C14H19BrClNO2/c1-18-11-5-3-10(4-6-11)17-13-8-9(16)7-12(15)14(13)19-2/h7-8,10-11,17H,3-6H2,1-2H3. The van der Waals surface area contributed by atoms with Gasteiger partial charge in [-0.25, -0.2) is 0 Å². The minimum atomic E-state index is 0.408. The lowest BCUT2D eigenvalue weighted by molar-refractivity contribution is 0.0681. The van der Waals surface area contributed by atoms with Crippen LogP contribution in [0.2, 0.25) is 5.02 Å². The first-order chi connectivity index (χ1) is 9.13. The average molecular weight is 349 g/mol. The molecule has 1 aromatic rings. The van der Waals surface area contributed by atoms with Crippen LogP contribution < -0.4 is 10.1 Å². The molecule has 1 aliphatic carbocycles. The van der Waals surface area contributed by atoms with E-state index in [4.69, 9.17) is 21.1 Å². The van der Waals surface area contributed by atoms with E-state index in [1.54, 1.807) is 14.2 Å². The number of benzene rings is 1. The van der Waals surface area contributed by atoms with Gasteiger partial charge in [0.05, 0.1) is 23.4 Å². The highest BCUT2D eigenvalue weighted by molar-refractivity contribution is 9.10. The SMILES string of the molecule is COc1c(Br)cc(Cl)cc1NC1CCC(OC)CC1. The summed E-state index contributed by atoms with van der Waals surface area (Å²) in [4.78, 5) is 0. The van der Waals surface area contributed by atoms with Gasteiger partial charge in [0.2, 0.25) is 0 Å². The van der Waals surface area contributed by atoms with Gasteiger partial charge in [0.1, 0.15) is 0 Å². The first-order valence-corrected chi connectivity index (χ1v) is 7.63. The van der Waals surface area contributed by atoms with Crippen molar-refractivity contribution >= 4 is 33.2 Å². The van der Waals surface area contributed by atoms with Crippen LogP contribution in [-0.4, -0.2) is 26.4 Å². The van der Waals surface area contributed by atoms with Crippen LogP contribution in [0.5, 0.6) is 5.75 Å². The fourth-order valence-electron chi connectivity index (χ4n) is 2.54. The summed E-state index contributed by atoms with van der Waals surface area (Å²) in [5.74, 6) is 0.804. The second-order valence-corrected chi connectivity index (χ2v) is 6.11. The summed E-state index contributed by atoms with van der Waals surface area (Å²) >= 11 is 9.57. The molecule has 0 amide bonds. The molecule has 1 aromatic carbocycles. The number of hydrogen-bond acceptors (Lipinski definition) is 3. The van der Waals surface area contributed by atoms with E-state index in [0.717, 1.165) is 41.6 Å². The van der Waals surface area contributed by atoms with Gasteiger partial charge in [-0.2, -0.15) is 0 Å². The maximum Gasteiger partial charge on any atom is 0.156 e. The Morgan fingerprint density at radius 1 is 1.21 bits per heavy atom. The van der Waals surface area contributed by atoms with Gasteiger partial charge in [-0.15, -0.1) is 0 Å². The van der Waals surface area contributed by atoms with Crippen LogP contribution in [0.3, 0.4) is 0 Å². The fraction of sp³-hybridized carbons (Fsp3) is 0.571. The summed E-state index contributed by atoms with van der Waals surface area (Å²) in [5.41, 5.74) is 0.947. The van der Waals surface area contributed by atoms with Crippen molar-refractivity contribution in [3.05, 3.63) is 21.6 Å². The van der Waals surface area contributed by atoms with Crippen LogP contribution in [0.15, 0.2) is 16.6 Å². The average Bonchev–Trinajstić information content (AvgIpc) is 2.39. The third-order valence-corrected chi connectivity index (χ3v) is 4.39. The maximum absolute atomic E-state index is 6.10. The Hall–Kier alpha value is -0.450. The van der Waals surface area contributed by atoms with Crippen LogP contribution in [-0.2, 0) is 4.74 Å². The van der Waals surface area contributed by atoms with E-state index in [0.29, 0.717) is 17.2 Å². The zero-order valence-corrected chi connectivity index (χ0v) is 13.6. The summed E-state index contributed by atoms with van der Waals surface area (Å²) in [6.45, 7) is 0. The van der Waals surface area contributed by atoms with Crippen molar-refractivity contribution in [2.24, 2.45) is 0 Å². The molecule has 2 rings (SSSR count). The predicted molar refractivity (Wildman–Crippen MR) is 82.4 cm³/mol. The molecule has 106 valence electrons. The van der Waals surface area contributed by atoms with Crippen molar-refractivity contribution in [3.63, 3.8) is 0 Å². The summed E-state index contributed by atoms with van der Waals surface area (Å²) in [6, 6.07) is 4.20. The molecule has 1 saturated carbocycles. The highest BCUT2D eigenvalue weighted by atomic mass is 79.9. The number of hydrogen-bond donors (Lipinski definition) is 1. The van der Waals surface area contributed by atoms with Gasteiger partial charge in [0, 0.05) is 18.2 Å². The molecule has 0 unspecified atom stereocenters. The highest BCUT2D eigenvalue weighted by Gasteiger charge is 2.22. The molecular weight excluding hydrogens is 330 g/mol.